The number of halogens is 3. The molecule has 3 N–H and O–H groups in total. The largest absolute Gasteiger partial charge is 0.480 e. The van der Waals surface area contributed by atoms with E-state index < -0.39 is 29.3 Å². The van der Waals surface area contributed by atoms with E-state index in [-0.39, 0.29) is 5.56 Å². The van der Waals surface area contributed by atoms with E-state index in [1.54, 1.807) is 0 Å². The van der Waals surface area contributed by atoms with Gasteiger partial charge in [0.05, 0.1) is 0 Å². The number of nitrogens with zero attached hydrogens (tertiary/aromatic N) is 1. The molecular formula is C11H11F3N2O2. The minimum Gasteiger partial charge on any atom is -0.480 e. The molecule has 1 atom stereocenters. The molecular weight excluding hydrogens is 249 g/mol. The van der Waals surface area contributed by atoms with E-state index in [9.17, 15) is 18.0 Å². The fourth-order valence-corrected chi connectivity index (χ4v) is 2.15. The second-order valence-corrected chi connectivity index (χ2v) is 4.37. The highest BCUT2D eigenvalue weighted by Gasteiger charge is 2.56. The van der Waals surface area contributed by atoms with Crippen molar-refractivity contribution in [3.63, 3.8) is 0 Å². The number of carboxylic acid groups (broad SMARTS) is 1. The molecule has 1 fully saturated rings. The second kappa shape index (κ2) is 3.94. The van der Waals surface area contributed by atoms with Crippen LogP contribution in [-0.2, 0) is 16.4 Å². The van der Waals surface area contributed by atoms with E-state index in [0.29, 0.717) is 12.8 Å². The average molecular weight is 260 g/mol. The van der Waals surface area contributed by atoms with E-state index in [1.165, 1.54) is 12.1 Å². The van der Waals surface area contributed by atoms with Gasteiger partial charge in [0.15, 0.2) is 0 Å². The molecule has 1 heterocycles. The lowest BCUT2D eigenvalue weighted by molar-refractivity contribution is -0.144. The summed E-state index contributed by atoms with van der Waals surface area (Å²) in [7, 11) is 0. The number of pyridine rings is 1. The number of alkyl halides is 3. The molecule has 0 amide bonds. The van der Waals surface area contributed by atoms with Crippen LogP contribution >= 0.6 is 0 Å². The normalized spacial score (nSPS) is 19.3. The Morgan fingerprint density at radius 3 is 2.56 bits per heavy atom. The van der Waals surface area contributed by atoms with Gasteiger partial charge in [-0.3, -0.25) is 9.78 Å². The molecule has 2 rings (SSSR count). The van der Waals surface area contributed by atoms with Crippen molar-refractivity contribution in [2.24, 2.45) is 5.73 Å². The van der Waals surface area contributed by atoms with E-state index in [2.05, 4.69) is 4.98 Å². The van der Waals surface area contributed by atoms with Crippen molar-refractivity contribution in [3.05, 3.63) is 29.6 Å². The molecule has 0 spiro atoms. The predicted octanol–water partition coefficient (Wildman–Crippen LogP) is 1.54. The van der Waals surface area contributed by atoms with E-state index in [4.69, 9.17) is 10.8 Å². The highest BCUT2D eigenvalue weighted by molar-refractivity contribution is 5.77. The number of aliphatic carboxylic acids is 1. The summed E-state index contributed by atoms with van der Waals surface area (Å²) in [6, 6.07) is 1.27. The second-order valence-electron chi connectivity index (χ2n) is 4.37. The van der Waals surface area contributed by atoms with Crippen LogP contribution in [0.4, 0.5) is 13.2 Å². The summed E-state index contributed by atoms with van der Waals surface area (Å²) in [5.74, 6) is -1.30. The number of hydrogen-bond acceptors (Lipinski definition) is 3. The highest BCUT2D eigenvalue weighted by atomic mass is 19.4. The van der Waals surface area contributed by atoms with E-state index >= 15 is 0 Å². The van der Waals surface area contributed by atoms with Crippen LogP contribution in [0.1, 0.15) is 24.1 Å². The van der Waals surface area contributed by atoms with Crippen LogP contribution in [0.15, 0.2) is 18.3 Å². The first-order valence-electron chi connectivity index (χ1n) is 5.30. The molecule has 98 valence electrons. The van der Waals surface area contributed by atoms with Gasteiger partial charge in [0.1, 0.15) is 11.7 Å². The summed E-state index contributed by atoms with van der Waals surface area (Å²) in [6.07, 6.45) is -2.91. The lowest BCUT2D eigenvalue weighted by Gasteiger charge is -2.23. The van der Waals surface area contributed by atoms with Crippen molar-refractivity contribution in [1.82, 2.24) is 4.98 Å². The Morgan fingerprint density at radius 1 is 1.50 bits per heavy atom. The van der Waals surface area contributed by atoms with Gasteiger partial charge < -0.3 is 10.8 Å². The molecule has 18 heavy (non-hydrogen) atoms. The first-order chi connectivity index (χ1) is 8.29. The van der Waals surface area contributed by atoms with Crippen LogP contribution in [-0.4, -0.2) is 22.1 Å². The van der Waals surface area contributed by atoms with Crippen LogP contribution in [0, 0.1) is 0 Å². The minimum atomic E-state index is -4.61. The van der Waals surface area contributed by atoms with Crippen molar-refractivity contribution in [2.75, 3.05) is 0 Å². The molecule has 0 aromatic carbocycles. The summed E-state index contributed by atoms with van der Waals surface area (Å²) in [5, 5.41) is 8.89. The number of nitrogens with two attached hydrogens (primary N) is 1. The van der Waals surface area contributed by atoms with Crippen molar-refractivity contribution < 1.29 is 23.1 Å². The van der Waals surface area contributed by atoms with E-state index in [0.717, 1.165) is 6.20 Å². The Morgan fingerprint density at radius 2 is 2.11 bits per heavy atom. The number of hydrogen-bond donors (Lipinski definition) is 2. The lowest BCUT2D eigenvalue weighted by Crippen LogP contribution is -2.43. The third-order valence-electron chi connectivity index (χ3n) is 3.26. The van der Waals surface area contributed by atoms with Gasteiger partial charge in [-0.25, -0.2) is 0 Å². The van der Waals surface area contributed by atoms with Gasteiger partial charge in [-0.1, -0.05) is 6.07 Å². The molecule has 4 nitrogen and oxygen atoms in total. The first kappa shape index (κ1) is 12.8. The Kier molecular flexibility index (Phi) is 2.81. The van der Waals surface area contributed by atoms with Crippen molar-refractivity contribution >= 4 is 5.97 Å². The quantitative estimate of drug-likeness (QED) is 0.864. The Labute approximate surface area is 101 Å². The molecule has 1 aliphatic rings. The topological polar surface area (TPSA) is 76.2 Å². The van der Waals surface area contributed by atoms with Gasteiger partial charge in [0.2, 0.25) is 0 Å². The van der Waals surface area contributed by atoms with Gasteiger partial charge in [0.25, 0.3) is 0 Å². The Bertz CT molecular complexity index is 483. The van der Waals surface area contributed by atoms with Crippen molar-refractivity contribution in [1.29, 1.82) is 0 Å². The van der Waals surface area contributed by atoms with E-state index in [1.807, 2.05) is 0 Å². The van der Waals surface area contributed by atoms with Crippen molar-refractivity contribution in [3.8, 4) is 0 Å². The monoisotopic (exact) mass is 260 g/mol. The van der Waals surface area contributed by atoms with Gasteiger partial charge in [-0.2, -0.15) is 13.2 Å². The summed E-state index contributed by atoms with van der Waals surface area (Å²) in [6.45, 7) is 0. The Hall–Kier alpha value is -1.63. The number of rotatable bonds is 3. The number of carbonyl (C=O) groups is 1. The zero-order valence-electron chi connectivity index (χ0n) is 9.24. The molecule has 0 saturated heterocycles. The summed E-state index contributed by atoms with van der Waals surface area (Å²) in [5.41, 5.74) is 3.21. The molecule has 7 heteroatoms. The van der Waals surface area contributed by atoms with Crippen LogP contribution < -0.4 is 5.73 Å². The van der Waals surface area contributed by atoms with Crippen molar-refractivity contribution in [2.45, 2.75) is 30.5 Å². The van der Waals surface area contributed by atoms with Crippen LogP contribution in [0.3, 0.4) is 0 Å². The molecule has 1 aromatic heterocycles. The molecule has 0 aliphatic heterocycles. The first-order valence-corrected chi connectivity index (χ1v) is 5.30. The smallest absolute Gasteiger partial charge is 0.433 e. The molecule has 1 aromatic rings. The summed E-state index contributed by atoms with van der Waals surface area (Å²) in [4.78, 5) is 14.2. The number of carboxylic acids is 1. The van der Waals surface area contributed by atoms with Crippen LogP contribution in [0.5, 0.6) is 0 Å². The lowest BCUT2D eigenvalue weighted by atomic mass is 9.87. The maximum atomic E-state index is 12.8. The summed E-state index contributed by atoms with van der Waals surface area (Å²) >= 11 is 0. The fraction of sp³-hybridized carbons (Fsp3) is 0.455. The maximum absolute atomic E-state index is 12.8. The van der Waals surface area contributed by atoms with Crippen LogP contribution in [0.2, 0.25) is 0 Å². The summed E-state index contributed by atoms with van der Waals surface area (Å²) < 4.78 is 38.5. The number of aromatic nitrogens is 1. The minimum absolute atomic E-state index is 0.118. The van der Waals surface area contributed by atoms with Gasteiger partial charge in [0, 0.05) is 11.6 Å². The van der Waals surface area contributed by atoms with Gasteiger partial charge >= 0.3 is 12.1 Å². The molecule has 0 bridgehead atoms. The van der Waals surface area contributed by atoms with Gasteiger partial charge in [-0.05, 0) is 24.5 Å². The fourth-order valence-electron chi connectivity index (χ4n) is 2.15. The third-order valence-corrected chi connectivity index (χ3v) is 3.26. The van der Waals surface area contributed by atoms with Gasteiger partial charge in [-0.15, -0.1) is 0 Å². The maximum Gasteiger partial charge on any atom is 0.433 e. The van der Waals surface area contributed by atoms with Crippen LogP contribution in [0.25, 0.3) is 0 Å². The SMILES string of the molecule is NC(C(=O)O)C1(c2cccnc2C(F)(F)F)CC1. The predicted molar refractivity (Wildman–Crippen MR) is 55.8 cm³/mol. The molecule has 1 aliphatic carbocycles. The molecule has 0 radical (unpaired) electrons. The third kappa shape index (κ3) is 1.94. The molecule has 1 saturated carbocycles. The Balaban J connectivity index is 2.50. The average Bonchev–Trinajstić information content (AvgIpc) is 3.08. The zero-order valence-corrected chi connectivity index (χ0v) is 9.24. The molecule has 1 unspecified atom stereocenters. The standard InChI is InChI=1S/C11H11F3N2O2/c12-11(13,14)8-6(2-1-5-16-8)10(3-4-10)7(15)9(17)18/h1-2,5,7H,3-4,15H2,(H,17,18). The highest BCUT2D eigenvalue weighted by Crippen LogP contribution is 2.53. The zero-order chi connectivity index (χ0) is 13.6.